The standard InChI is InChI=1S/C23H20F3IN2O2/c24-23(25,26)19-13-20(17-9-5-2-6-10-17)29(15-16-7-3-1-4-8-16)22(31)18(19)14-28-21(30)11-12-27/h1-10,13H,11-12,14-15H2,(H,28,30). The van der Waals surface area contributed by atoms with E-state index in [-0.39, 0.29) is 18.7 Å². The summed E-state index contributed by atoms with van der Waals surface area (Å²) in [6, 6.07) is 18.5. The minimum atomic E-state index is -4.74. The van der Waals surface area contributed by atoms with Crippen LogP contribution in [0.25, 0.3) is 11.3 Å². The highest BCUT2D eigenvalue weighted by Crippen LogP contribution is 2.34. The Bertz CT molecular complexity index is 1100. The van der Waals surface area contributed by atoms with Gasteiger partial charge in [0, 0.05) is 23.0 Å². The third kappa shape index (κ3) is 5.75. The number of hydrogen-bond donors (Lipinski definition) is 1. The molecule has 0 atom stereocenters. The summed E-state index contributed by atoms with van der Waals surface area (Å²) < 4.78 is 43.5. The fraction of sp³-hybridized carbons (Fsp3) is 0.217. The number of carbonyl (C=O) groups excluding carboxylic acids is 1. The van der Waals surface area contributed by atoms with Gasteiger partial charge in [-0.25, -0.2) is 0 Å². The van der Waals surface area contributed by atoms with Gasteiger partial charge in [0.15, 0.2) is 0 Å². The zero-order chi connectivity index (χ0) is 22.4. The number of aromatic nitrogens is 1. The van der Waals surface area contributed by atoms with Crippen LogP contribution in [-0.4, -0.2) is 14.9 Å². The molecule has 0 unspecified atom stereocenters. The zero-order valence-corrected chi connectivity index (χ0v) is 18.6. The lowest BCUT2D eigenvalue weighted by atomic mass is 10.0. The van der Waals surface area contributed by atoms with Crippen molar-refractivity contribution < 1.29 is 18.0 Å². The van der Waals surface area contributed by atoms with Crippen LogP contribution < -0.4 is 10.9 Å². The van der Waals surface area contributed by atoms with Gasteiger partial charge in [0.05, 0.1) is 17.8 Å². The fourth-order valence-electron chi connectivity index (χ4n) is 3.25. The lowest BCUT2D eigenvalue weighted by Crippen LogP contribution is -2.34. The van der Waals surface area contributed by atoms with E-state index >= 15 is 0 Å². The molecule has 0 spiro atoms. The maximum absolute atomic E-state index is 13.9. The Kier molecular flexibility index (Phi) is 7.53. The number of hydrogen-bond acceptors (Lipinski definition) is 2. The lowest BCUT2D eigenvalue weighted by molar-refractivity contribution is -0.138. The number of halogens is 4. The SMILES string of the molecule is O=C(CCI)NCc1c(C(F)(F)F)cc(-c2ccccc2)n(Cc2ccccc2)c1=O. The Morgan fingerprint density at radius 3 is 2.19 bits per heavy atom. The van der Waals surface area contributed by atoms with Crippen LogP contribution in [0.1, 0.15) is 23.1 Å². The quantitative estimate of drug-likeness (QED) is 0.338. The molecule has 0 aliphatic carbocycles. The zero-order valence-electron chi connectivity index (χ0n) is 16.5. The molecule has 1 amide bonds. The summed E-state index contributed by atoms with van der Waals surface area (Å²) in [5, 5.41) is 2.45. The number of nitrogens with one attached hydrogen (secondary N) is 1. The molecule has 4 nitrogen and oxygen atoms in total. The van der Waals surface area contributed by atoms with E-state index in [0.29, 0.717) is 9.99 Å². The molecule has 2 aromatic carbocycles. The van der Waals surface area contributed by atoms with Gasteiger partial charge in [-0.2, -0.15) is 13.2 Å². The first-order chi connectivity index (χ1) is 14.8. The van der Waals surface area contributed by atoms with Crippen LogP contribution in [0.15, 0.2) is 71.5 Å². The smallest absolute Gasteiger partial charge is 0.352 e. The van der Waals surface area contributed by atoms with Crippen molar-refractivity contribution in [3.8, 4) is 11.3 Å². The molecule has 0 aliphatic heterocycles. The molecule has 1 N–H and O–H groups in total. The Labute approximate surface area is 191 Å². The number of pyridine rings is 1. The minimum absolute atomic E-state index is 0.108. The van der Waals surface area contributed by atoms with Crippen molar-refractivity contribution in [1.82, 2.24) is 9.88 Å². The molecule has 0 aliphatic rings. The summed E-state index contributed by atoms with van der Waals surface area (Å²) >= 11 is 2.01. The molecule has 0 bridgehead atoms. The first-order valence-corrected chi connectivity index (χ1v) is 11.1. The first-order valence-electron chi connectivity index (χ1n) is 9.57. The van der Waals surface area contributed by atoms with E-state index in [1.165, 1.54) is 4.57 Å². The van der Waals surface area contributed by atoms with Crippen molar-refractivity contribution in [2.45, 2.75) is 25.7 Å². The highest BCUT2D eigenvalue weighted by Gasteiger charge is 2.36. The number of benzene rings is 2. The van der Waals surface area contributed by atoms with Crippen LogP contribution in [0.4, 0.5) is 13.2 Å². The van der Waals surface area contributed by atoms with Gasteiger partial charge in [0.2, 0.25) is 5.91 Å². The number of rotatable bonds is 7. The number of nitrogens with zero attached hydrogens (tertiary/aromatic N) is 1. The molecule has 0 fully saturated rings. The fourth-order valence-corrected chi connectivity index (χ4v) is 3.74. The van der Waals surface area contributed by atoms with Gasteiger partial charge in [-0.15, -0.1) is 0 Å². The predicted octanol–water partition coefficient (Wildman–Crippen LogP) is 5.02. The van der Waals surface area contributed by atoms with Gasteiger partial charge in [-0.05, 0) is 17.2 Å². The maximum Gasteiger partial charge on any atom is 0.417 e. The van der Waals surface area contributed by atoms with Crippen LogP contribution in [0, 0.1) is 0 Å². The van der Waals surface area contributed by atoms with Crippen molar-refractivity contribution >= 4 is 28.5 Å². The third-order valence-electron chi connectivity index (χ3n) is 4.74. The largest absolute Gasteiger partial charge is 0.417 e. The molecule has 1 heterocycles. The maximum atomic E-state index is 13.9. The minimum Gasteiger partial charge on any atom is -0.352 e. The Morgan fingerprint density at radius 2 is 1.61 bits per heavy atom. The predicted molar refractivity (Wildman–Crippen MR) is 122 cm³/mol. The Morgan fingerprint density at radius 1 is 1.00 bits per heavy atom. The van der Waals surface area contributed by atoms with Crippen molar-refractivity contribution in [2.75, 3.05) is 4.43 Å². The van der Waals surface area contributed by atoms with Gasteiger partial charge in [-0.1, -0.05) is 83.3 Å². The van der Waals surface area contributed by atoms with Gasteiger partial charge in [0.1, 0.15) is 0 Å². The van der Waals surface area contributed by atoms with E-state index < -0.39 is 35.3 Å². The average molecular weight is 540 g/mol. The van der Waals surface area contributed by atoms with E-state index in [4.69, 9.17) is 0 Å². The van der Waals surface area contributed by atoms with E-state index in [2.05, 4.69) is 5.32 Å². The lowest BCUT2D eigenvalue weighted by Gasteiger charge is -2.20. The van der Waals surface area contributed by atoms with Crippen LogP contribution in [0.3, 0.4) is 0 Å². The molecule has 162 valence electrons. The normalized spacial score (nSPS) is 11.4. The summed E-state index contributed by atoms with van der Waals surface area (Å²) in [6.07, 6.45) is -4.57. The molecule has 3 aromatic rings. The second-order valence-electron chi connectivity index (χ2n) is 6.88. The molecular formula is C23H20F3IN2O2. The number of carbonyl (C=O) groups is 1. The molecular weight excluding hydrogens is 520 g/mol. The molecule has 31 heavy (non-hydrogen) atoms. The average Bonchev–Trinajstić information content (AvgIpc) is 2.75. The highest BCUT2D eigenvalue weighted by molar-refractivity contribution is 14.1. The molecule has 8 heteroatoms. The van der Waals surface area contributed by atoms with Gasteiger partial charge < -0.3 is 9.88 Å². The van der Waals surface area contributed by atoms with Crippen molar-refractivity contribution in [2.24, 2.45) is 0 Å². The van der Waals surface area contributed by atoms with Crippen molar-refractivity contribution in [3.05, 3.63) is 93.8 Å². The van der Waals surface area contributed by atoms with Crippen molar-refractivity contribution in [1.29, 1.82) is 0 Å². The third-order valence-corrected chi connectivity index (χ3v) is 5.28. The van der Waals surface area contributed by atoms with Crippen LogP contribution in [0.5, 0.6) is 0 Å². The van der Waals surface area contributed by atoms with E-state index in [9.17, 15) is 22.8 Å². The van der Waals surface area contributed by atoms with Gasteiger partial charge in [-0.3, -0.25) is 9.59 Å². The Hall–Kier alpha value is -2.62. The van der Waals surface area contributed by atoms with Gasteiger partial charge >= 0.3 is 6.18 Å². The summed E-state index contributed by atoms with van der Waals surface area (Å²) in [4.78, 5) is 25.2. The summed E-state index contributed by atoms with van der Waals surface area (Å²) in [7, 11) is 0. The molecule has 3 rings (SSSR count). The second kappa shape index (κ2) is 10.1. The Balaban J connectivity index is 2.19. The van der Waals surface area contributed by atoms with Crippen LogP contribution in [0.2, 0.25) is 0 Å². The van der Waals surface area contributed by atoms with Crippen LogP contribution >= 0.6 is 22.6 Å². The summed E-state index contributed by atoms with van der Waals surface area (Å²) in [6.45, 7) is -0.371. The summed E-state index contributed by atoms with van der Waals surface area (Å²) in [5.74, 6) is -0.399. The van der Waals surface area contributed by atoms with Crippen molar-refractivity contribution in [3.63, 3.8) is 0 Å². The number of amides is 1. The van der Waals surface area contributed by atoms with E-state index in [1.54, 1.807) is 54.6 Å². The number of alkyl halides is 4. The van der Waals surface area contributed by atoms with E-state index in [0.717, 1.165) is 11.6 Å². The molecule has 0 radical (unpaired) electrons. The highest BCUT2D eigenvalue weighted by atomic mass is 127. The van der Waals surface area contributed by atoms with Crippen LogP contribution in [-0.2, 0) is 24.1 Å². The first kappa shape index (κ1) is 23.1. The summed E-state index contributed by atoms with van der Waals surface area (Å²) in [5.41, 5.74) is -0.820. The second-order valence-corrected chi connectivity index (χ2v) is 7.96. The molecule has 0 saturated heterocycles. The molecule has 0 saturated carbocycles. The topological polar surface area (TPSA) is 51.1 Å². The van der Waals surface area contributed by atoms with Gasteiger partial charge in [0.25, 0.3) is 5.56 Å². The molecule has 1 aromatic heterocycles. The monoisotopic (exact) mass is 540 g/mol. The van der Waals surface area contributed by atoms with E-state index in [1.807, 2.05) is 28.7 Å².